The van der Waals surface area contributed by atoms with Gasteiger partial charge >= 0.3 is 0 Å². The Balaban J connectivity index is 0.000000686. The first-order valence-electron chi connectivity index (χ1n) is 6.28. The zero-order valence-corrected chi connectivity index (χ0v) is 11.0. The van der Waals surface area contributed by atoms with Gasteiger partial charge in [0.2, 0.25) is 0 Å². The second-order valence-electron chi connectivity index (χ2n) is 3.81. The van der Waals surface area contributed by atoms with Gasteiger partial charge in [0.15, 0.2) is 0 Å². The van der Waals surface area contributed by atoms with Crippen molar-refractivity contribution in [1.29, 1.82) is 0 Å². The smallest absolute Gasteiger partial charge is 0.131 e. The van der Waals surface area contributed by atoms with E-state index in [2.05, 4.69) is 67.7 Å². The van der Waals surface area contributed by atoms with Crippen LogP contribution in [0.5, 0.6) is 0 Å². The predicted octanol–water partition coefficient (Wildman–Crippen LogP) is 3.06. The van der Waals surface area contributed by atoms with Crippen molar-refractivity contribution in [3.8, 4) is 0 Å². The summed E-state index contributed by atoms with van der Waals surface area (Å²) in [5, 5.41) is 0. The lowest BCUT2D eigenvalue weighted by Crippen LogP contribution is -3.02. The molecule has 0 aliphatic carbocycles. The highest BCUT2D eigenvalue weighted by Crippen LogP contribution is 2.01. The van der Waals surface area contributed by atoms with Crippen LogP contribution in [0.15, 0.2) is 60.7 Å². The molecule has 1 heteroatoms. The maximum atomic E-state index is 2.20. The molecule has 0 saturated heterocycles. The number of nitrogens with one attached hydrogen (secondary N) is 1. The molecule has 0 radical (unpaired) electrons. The summed E-state index contributed by atoms with van der Waals surface area (Å²) in [5.41, 5.74) is 2.71. The van der Waals surface area contributed by atoms with E-state index in [0.29, 0.717) is 0 Å². The third kappa shape index (κ3) is 4.41. The molecular weight excluding hydrogens is 206 g/mol. The minimum Gasteiger partial charge on any atom is -0.301 e. The molecule has 0 amide bonds. The fourth-order valence-corrected chi connectivity index (χ4v) is 1.73. The van der Waals surface area contributed by atoms with Crippen LogP contribution in [-0.2, 0) is 6.54 Å². The van der Waals surface area contributed by atoms with Gasteiger partial charge in [-0.2, -0.15) is 0 Å². The number of hydrogen-bond donors (Lipinski definition) is 1. The zero-order chi connectivity index (χ0) is 12.5. The van der Waals surface area contributed by atoms with Crippen molar-refractivity contribution in [3.05, 3.63) is 66.2 Å². The number of benzene rings is 2. The number of para-hydroxylation sites is 1. The van der Waals surface area contributed by atoms with Crippen molar-refractivity contribution in [3.63, 3.8) is 0 Å². The molecule has 0 saturated carbocycles. The Bertz CT molecular complexity index is 394. The maximum absolute atomic E-state index is 2.20. The second kappa shape index (κ2) is 7.64. The van der Waals surface area contributed by atoms with Crippen molar-refractivity contribution < 1.29 is 4.90 Å². The van der Waals surface area contributed by atoms with Gasteiger partial charge in [-0.1, -0.05) is 62.4 Å². The lowest BCUT2D eigenvalue weighted by atomic mass is 10.2. The Morgan fingerprint density at radius 1 is 0.765 bits per heavy atom. The quantitative estimate of drug-likeness (QED) is 0.823. The molecule has 1 atom stereocenters. The highest BCUT2D eigenvalue weighted by Gasteiger charge is 2.05. The van der Waals surface area contributed by atoms with Gasteiger partial charge in [-0.25, -0.2) is 0 Å². The molecule has 17 heavy (non-hydrogen) atoms. The average molecular weight is 228 g/mol. The molecule has 0 aromatic heterocycles. The van der Waals surface area contributed by atoms with Crippen molar-refractivity contribution >= 4 is 5.69 Å². The van der Waals surface area contributed by atoms with Gasteiger partial charge in [0, 0.05) is 5.56 Å². The fourth-order valence-electron chi connectivity index (χ4n) is 1.73. The van der Waals surface area contributed by atoms with E-state index >= 15 is 0 Å². The summed E-state index contributed by atoms with van der Waals surface area (Å²) in [4.78, 5) is 1.42. The summed E-state index contributed by atoms with van der Waals surface area (Å²) in [6, 6.07) is 21.1. The van der Waals surface area contributed by atoms with Gasteiger partial charge in [-0.3, -0.25) is 0 Å². The Kier molecular flexibility index (Phi) is 6.05. The Morgan fingerprint density at radius 3 is 1.76 bits per heavy atom. The Labute approximate surface area is 105 Å². The van der Waals surface area contributed by atoms with E-state index in [4.69, 9.17) is 0 Å². The minimum absolute atomic E-state index is 1.03. The lowest BCUT2D eigenvalue weighted by molar-refractivity contribution is -0.825. The van der Waals surface area contributed by atoms with E-state index in [-0.39, 0.29) is 0 Å². The zero-order valence-electron chi connectivity index (χ0n) is 11.0. The predicted molar refractivity (Wildman–Crippen MR) is 74.5 cm³/mol. The number of hydrogen-bond acceptors (Lipinski definition) is 0. The summed E-state index contributed by atoms with van der Waals surface area (Å²) in [5.74, 6) is 0. The van der Waals surface area contributed by atoms with E-state index in [9.17, 15) is 0 Å². The molecule has 0 aliphatic rings. The van der Waals surface area contributed by atoms with Crippen LogP contribution < -0.4 is 4.90 Å². The number of quaternary nitrogens is 1. The first kappa shape index (κ1) is 13.5. The lowest BCUT2D eigenvalue weighted by Gasteiger charge is -2.13. The van der Waals surface area contributed by atoms with Crippen LogP contribution in [0.2, 0.25) is 0 Å². The molecular formula is C16H22N+. The summed E-state index contributed by atoms with van der Waals surface area (Å²) in [7, 11) is 2.20. The van der Waals surface area contributed by atoms with Crippen molar-refractivity contribution in [2.45, 2.75) is 20.4 Å². The van der Waals surface area contributed by atoms with E-state index in [1.165, 1.54) is 16.2 Å². The van der Waals surface area contributed by atoms with E-state index in [1.54, 1.807) is 0 Å². The van der Waals surface area contributed by atoms with E-state index in [1.807, 2.05) is 13.8 Å². The maximum Gasteiger partial charge on any atom is 0.131 e. The monoisotopic (exact) mass is 228 g/mol. The average Bonchev–Trinajstić information content (AvgIpc) is 2.43. The van der Waals surface area contributed by atoms with E-state index in [0.717, 1.165) is 6.54 Å². The molecule has 1 N–H and O–H groups in total. The normalized spacial score (nSPS) is 11.2. The topological polar surface area (TPSA) is 4.44 Å². The second-order valence-corrected chi connectivity index (χ2v) is 3.81. The molecule has 0 spiro atoms. The summed E-state index contributed by atoms with van der Waals surface area (Å²) in [6.45, 7) is 5.03. The molecule has 1 unspecified atom stereocenters. The van der Waals surface area contributed by atoms with Crippen LogP contribution in [0.4, 0.5) is 5.69 Å². The minimum atomic E-state index is 1.03. The van der Waals surface area contributed by atoms with Crippen molar-refractivity contribution in [1.82, 2.24) is 0 Å². The Morgan fingerprint density at radius 2 is 1.24 bits per heavy atom. The van der Waals surface area contributed by atoms with Crippen LogP contribution in [-0.4, -0.2) is 7.05 Å². The Hall–Kier alpha value is -1.60. The van der Waals surface area contributed by atoms with Gasteiger partial charge in [0.1, 0.15) is 12.2 Å². The van der Waals surface area contributed by atoms with Crippen LogP contribution in [0, 0.1) is 0 Å². The van der Waals surface area contributed by atoms with Crippen LogP contribution >= 0.6 is 0 Å². The van der Waals surface area contributed by atoms with E-state index < -0.39 is 0 Å². The summed E-state index contributed by atoms with van der Waals surface area (Å²) in [6.07, 6.45) is 0. The van der Waals surface area contributed by atoms with Gasteiger partial charge < -0.3 is 4.90 Å². The molecule has 2 aromatic rings. The molecule has 0 fully saturated rings. The van der Waals surface area contributed by atoms with Gasteiger partial charge in [-0.05, 0) is 12.1 Å². The third-order valence-electron chi connectivity index (χ3n) is 2.58. The van der Waals surface area contributed by atoms with Gasteiger partial charge in [-0.15, -0.1) is 0 Å². The molecule has 90 valence electrons. The third-order valence-corrected chi connectivity index (χ3v) is 2.58. The first-order valence-corrected chi connectivity index (χ1v) is 6.28. The highest BCUT2D eigenvalue weighted by atomic mass is 15.1. The fraction of sp³-hybridized carbons (Fsp3) is 0.250. The summed E-state index contributed by atoms with van der Waals surface area (Å²) < 4.78 is 0. The molecule has 2 aromatic carbocycles. The largest absolute Gasteiger partial charge is 0.301 e. The van der Waals surface area contributed by atoms with Crippen molar-refractivity contribution in [2.75, 3.05) is 7.05 Å². The van der Waals surface area contributed by atoms with Crippen LogP contribution in [0.1, 0.15) is 19.4 Å². The standard InChI is InChI=1S/C14H15N.C2H6/c1-15(14-10-6-3-7-11-14)12-13-8-4-2-5-9-13;1-2/h2-11H,12H2,1H3;1-2H3/p+1. The van der Waals surface area contributed by atoms with Gasteiger partial charge in [0.05, 0.1) is 7.05 Å². The van der Waals surface area contributed by atoms with Crippen LogP contribution in [0.3, 0.4) is 0 Å². The van der Waals surface area contributed by atoms with Gasteiger partial charge in [0.25, 0.3) is 0 Å². The number of rotatable bonds is 3. The molecule has 2 rings (SSSR count). The summed E-state index contributed by atoms with van der Waals surface area (Å²) >= 11 is 0. The SMILES string of the molecule is CC.C[NH+](Cc1ccccc1)c1ccccc1. The molecule has 1 nitrogen and oxygen atoms in total. The van der Waals surface area contributed by atoms with Crippen molar-refractivity contribution in [2.24, 2.45) is 0 Å². The molecule has 0 heterocycles. The molecule has 0 bridgehead atoms. The van der Waals surface area contributed by atoms with Crippen LogP contribution in [0.25, 0.3) is 0 Å². The molecule has 0 aliphatic heterocycles. The highest BCUT2D eigenvalue weighted by molar-refractivity contribution is 5.28. The first-order chi connectivity index (χ1) is 8.36.